The molecule has 0 aliphatic carbocycles. The molecule has 0 saturated carbocycles. The van der Waals surface area contributed by atoms with Gasteiger partial charge in [0.05, 0.1) is 0 Å². The second-order valence-corrected chi connectivity index (χ2v) is 3.56. The van der Waals surface area contributed by atoms with Crippen LogP contribution in [0.5, 0.6) is 0 Å². The third-order valence-electron chi connectivity index (χ3n) is 1.01. The minimum atomic E-state index is 0.669. The normalized spacial score (nSPS) is 13.2. The summed E-state index contributed by atoms with van der Waals surface area (Å²) in [6.45, 7) is 5.81. The van der Waals surface area contributed by atoms with E-state index in [0.717, 1.165) is 6.42 Å². The first-order chi connectivity index (χ1) is 3.77. The molecule has 0 nitrogen and oxygen atoms in total. The Bertz CT molecular complexity index is 57.4. The molecule has 0 radical (unpaired) electrons. The van der Waals surface area contributed by atoms with E-state index in [1.165, 1.54) is 12.8 Å². The highest BCUT2D eigenvalue weighted by molar-refractivity contribution is 9.09. The SMILES string of the molecule is C=CCCCC(C)Br. The smallest absolute Gasteiger partial charge is 0.0117 e. The van der Waals surface area contributed by atoms with E-state index >= 15 is 0 Å². The fourth-order valence-electron chi connectivity index (χ4n) is 0.543. The summed E-state index contributed by atoms with van der Waals surface area (Å²) >= 11 is 3.47. The lowest BCUT2D eigenvalue weighted by Crippen LogP contribution is -1.87. The van der Waals surface area contributed by atoms with Crippen LogP contribution in [0.15, 0.2) is 12.7 Å². The second kappa shape index (κ2) is 5.36. The Balaban J connectivity index is 2.81. The maximum atomic E-state index is 3.64. The van der Waals surface area contributed by atoms with E-state index in [1.807, 2.05) is 6.08 Å². The minimum absolute atomic E-state index is 0.669. The first kappa shape index (κ1) is 8.22. The molecule has 1 atom stereocenters. The molecule has 0 aromatic rings. The first-order valence-electron chi connectivity index (χ1n) is 3.02. The van der Waals surface area contributed by atoms with Crippen LogP contribution in [0.4, 0.5) is 0 Å². The Morgan fingerprint density at radius 2 is 2.38 bits per heavy atom. The highest BCUT2D eigenvalue weighted by Crippen LogP contribution is 2.07. The molecule has 0 spiro atoms. The van der Waals surface area contributed by atoms with Crippen LogP contribution < -0.4 is 0 Å². The molecule has 0 N–H and O–H groups in total. The van der Waals surface area contributed by atoms with Crippen molar-refractivity contribution in [2.24, 2.45) is 0 Å². The summed E-state index contributed by atoms with van der Waals surface area (Å²) in [5, 5.41) is 0. The predicted octanol–water partition coefficient (Wildman–Crippen LogP) is 3.13. The molecule has 8 heavy (non-hydrogen) atoms. The van der Waals surface area contributed by atoms with Crippen LogP contribution in [-0.4, -0.2) is 4.83 Å². The lowest BCUT2D eigenvalue weighted by atomic mass is 10.2. The van der Waals surface area contributed by atoms with Gasteiger partial charge >= 0.3 is 0 Å². The van der Waals surface area contributed by atoms with Gasteiger partial charge in [-0.3, -0.25) is 0 Å². The molecule has 0 aromatic carbocycles. The molecule has 1 heteroatoms. The largest absolute Gasteiger partial charge is 0.103 e. The molecule has 0 rings (SSSR count). The van der Waals surface area contributed by atoms with Crippen LogP contribution in [0, 0.1) is 0 Å². The van der Waals surface area contributed by atoms with Crippen molar-refractivity contribution in [3.05, 3.63) is 12.7 Å². The van der Waals surface area contributed by atoms with E-state index < -0.39 is 0 Å². The number of rotatable bonds is 4. The first-order valence-corrected chi connectivity index (χ1v) is 3.94. The monoisotopic (exact) mass is 176 g/mol. The third-order valence-corrected chi connectivity index (χ3v) is 1.47. The van der Waals surface area contributed by atoms with Crippen LogP contribution in [0.2, 0.25) is 0 Å². The summed E-state index contributed by atoms with van der Waals surface area (Å²) < 4.78 is 0. The van der Waals surface area contributed by atoms with Gasteiger partial charge in [-0.1, -0.05) is 28.9 Å². The maximum Gasteiger partial charge on any atom is 0.0117 e. The number of allylic oxidation sites excluding steroid dienone is 1. The van der Waals surface area contributed by atoms with E-state index in [4.69, 9.17) is 0 Å². The van der Waals surface area contributed by atoms with Gasteiger partial charge in [0.1, 0.15) is 0 Å². The number of alkyl halides is 1. The Morgan fingerprint density at radius 3 is 2.75 bits per heavy atom. The van der Waals surface area contributed by atoms with Gasteiger partial charge in [-0.15, -0.1) is 6.58 Å². The van der Waals surface area contributed by atoms with Crippen LogP contribution >= 0.6 is 15.9 Å². The van der Waals surface area contributed by atoms with Crippen molar-refractivity contribution in [3.8, 4) is 0 Å². The van der Waals surface area contributed by atoms with Gasteiger partial charge in [0.25, 0.3) is 0 Å². The van der Waals surface area contributed by atoms with E-state index in [1.54, 1.807) is 0 Å². The van der Waals surface area contributed by atoms with Crippen LogP contribution in [0.25, 0.3) is 0 Å². The fourth-order valence-corrected chi connectivity index (χ4v) is 0.867. The van der Waals surface area contributed by atoms with Crippen molar-refractivity contribution in [3.63, 3.8) is 0 Å². The van der Waals surface area contributed by atoms with Crippen LogP contribution in [-0.2, 0) is 0 Å². The molecule has 0 saturated heterocycles. The molecule has 0 heterocycles. The molecule has 0 amide bonds. The van der Waals surface area contributed by atoms with Crippen molar-refractivity contribution in [2.75, 3.05) is 0 Å². The zero-order valence-corrected chi connectivity index (χ0v) is 6.95. The van der Waals surface area contributed by atoms with Crippen molar-refractivity contribution >= 4 is 15.9 Å². The van der Waals surface area contributed by atoms with Crippen molar-refractivity contribution in [1.29, 1.82) is 0 Å². The lowest BCUT2D eigenvalue weighted by molar-refractivity contribution is 0.750. The van der Waals surface area contributed by atoms with Crippen LogP contribution in [0.1, 0.15) is 26.2 Å². The molecule has 0 aromatic heterocycles. The molecule has 1 unspecified atom stereocenters. The highest BCUT2D eigenvalue weighted by Gasteiger charge is 1.91. The average Bonchev–Trinajstić information content (AvgIpc) is 1.66. The summed E-state index contributed by atoms with van der Waals surface area (Å²) in [6.07, 6.45) is 5.63. The minimum Gasteiger partial charge on any atom is -0.103 e. The Hall–Kier alpha value is 0.220. The summed E-state index contributed by atoms with van der Waals surface area (Å²) in [6, 6.07) is 0. The third kappa shape index (κ3) is 6.22. The van der Waals surface area contributed by atoms with E-state index in [9.17, 15) is 0 Å². The van der Waals surface area contributed by atoms with Gasteiger partial charge in [-0.25, -0.2) is 0 Å². The lowest BCUT2D eigenvalue weighted by Gasteiger charge is -1.97. The molecule has 48 valence electrons. The van der Waals surface area contributed by atoms with Gasteiger partial charge in [-0.2, -0.15) is 0 Å². The predicted molar refractivity (Wildman–Crippen MR) is 42.4 cm³/mol. The van der Waals surface area contributed by atoms with E-state index in [0.29, 0.717) is 4.83 Å². The topological polar surface area (TPSA) is 0 Å². The number of unbranched alkanes of at least 4 members (excludes halogenated alkanes) is 1. The summed E-state index contributed by atoms with van der Waals surface area (Å²) in [4.78, 5) is 0.669. The Labute approximate surface area is 60.1 Å². The van der Waals surface area contributed by atoms with Gasteiger partial charge in [0.2, 0.25) is 0 Å². The maximum absolute atomic E-state index is 3.64. The van der Waals surface area contributed by atoms with Crippen molar-refractivity contribution in [1.82, 2.24) is 0 Å². The Morgan fingerprint density at radius 1 is 1.75 bits per heavy atom. The summed E-state index contributed by atoms with van der Waals surface area (Å²) in [5.74, 6) is 0. The van der Waals surface area contributed by atoms with Gasteiger partial charge < -0.3 is 0 Å². The molecule has 0 bridgehead atoms. The van der Waals surface area contributed by atoms with Crippen molar-refractivity contribution in [2.45, 2.75) is 31.0 Å². The molecule has 0 aliphatic rings. The van der Waals surface area contributed by atoms with Gasteiger partial charge in [0, 0.05) is 4.83 Å². The second-order valence-electron chi connectivity index (χ2n) is 2.00. The molecular formula is C7H13Br. The van der Waals surface area contributed by atoms with E-state index in [-0.39, 0.29) is 0 Å². The highest BCUT2D eigenvalue weighted by atomic mass is 79.9. The zero-order chi connectivity index (χ0) is 6.41. The fraction of sp³-hybridized carbons (Fsp3) is 0.714. The number of halogens is 1. The number of hydrogen-bond acceptors (Lipinski definition) is 0. The van der Waals surface area contributed by atoms with Crippen LogP contribution in [0.3, 0.4) is 0 Å². The average molecular weight is 177 g/mol. The summed E-state index contributed by atoms with van der Waals surface area (Å²) in [7, 11) is 0. The summed E-state index contributed by atoms with van der Waals surface area (Å²) in [5.41, 5.74) is 0. The van der Waals surface area contributed by atoms with Crippen molar-refractivity contribution < 1.29 is 0 Å². The number of hydrogen-bond donors (Lipinski definition) is 0. The Kier molecular flexibility index (Phi) is 5.51. The molecule has 0 fully saturated rings. The molecule has 0 aliphatic heterocycles. The quantitative estimate of drug-likeness (QED) is 0.351. The molecular weight excluding hydrogens is 164 g/mol. The standard InChI is InChI=1S/C7H13Br/c1-3-4-5-6-7(2)8/h3,7H,1,4-6H2,2H3. The van der Waals surface area contributed by atoms with Gasteiger partial charge in [0.15, 0.2) is 0 Å². The zero-order valence-electron chi connectivity index (χ0n) is 5.36. The van der Waals surface area contributed by atoms with E-state index in [2.05, 4.69) is 29.4 Å². The van der Waals surface area contributed by atoms with Gasteiger partial charge in [-0.05, 0) is 19.3 Å².